The van der Waals surface area contributed by atoms with Crippen molar-refractivity contribution in [3.05, 3.63) is 65.2 Å². The van der Waals surface area contributed by atoms with Gasteiger partial charge in [0.2, 0.25) is 10.0 Å². The third-order valence-corrected chi connectivity index (χ3v) is 6.54. The summed E-state index contributed by atoms with van der Waals surface area (Å²) in [5.41, 5.74) is 2.39. The molecule has 1 saturated heterocycles. The van der Waals surface area contributed by atoms with Crippen LogP contribution in [0.5, 0.6) is 0 Å². The van der Waals surface area contributed by atoms with Gasteiger partial charge in [0.15, 0.2) is 0 Å². The molecule has 2 aromatic rings. The second-order valence-corrected chi connectivity index (χ2v) is 8.53. The number of carbonyl (C=O) groups excluding carboxylic acids is 1. The molecule has 1 aliphatic rings. The van der Waals surface area contributed by atoms with Gasteiger partial charge in [-0.3, -0.25) is 0 Å². The normalized spacial score (nSPS) is 16.4. The molecule has 0 aliphatic carbocycles. The number of nitrogens with zero attached hydrogens (tertiary/aromatic N) is 1. The summed E-state index contributed by atoms with van der Waals surface area (Å²) in [5.74, 6) is -0.469. The lowest BCUT2D eigenvalue weighted by Crippen LogP contribution is -2.27. The monoisotopic (exact) mass is 373 g/mol. The lowest BCUT2D eigenvalue weighted by molar-refractivity contribution is 0.0337. The Morgan fingerprint density at radius 2 is 1.58 bits per heavy atom. The number of hydrogen-bond donors (Lipinski definition) is 0. The Hall–Kier alpha value is -2.18. The van der Waals surface area contributed by atoms with E-state index in [9.17, 15) is 13.2 Å². The van der Waals surface area contributed by atoms with E-state index in [4.69, 9.17) is 4.74 Å². The molecule has 1 fully saturated rings. The zero-order chi connectivity index (χ0) is 18.7. The highest BCUT2D eigenvalue weighted by Gasteiger charge is 2.27. The van der Waals surface area contributed by atoms with Crippen LogP contribution in [0.25, 0.3) is 0 Å². The minimum Gasteiger partial charge on any atom is -0.454 e. The highest BCUT2D eigenvalue weighted by molar-refractivity contribution is 7.89. The lowest BCUT2D eigenvalue weighted by atomic mass is 10.1. The number of esters is 1. The van der Waals surface area contributed by atoms with Crippen LogP contribution in [0.1, 0.15) is 47.4 Å². The number of hydrogen-bond acceptors (Lipinski definition) is 4. The Bertz CT molecular complexity index is 867. The van der Waals surface area contributed by atoms with Crippen molar-refractivity contribution in [1.29, 1.82) is 0 Å². The molecule has 0 unspecified atom stereocenters. The maximum absolute atomic E-state index is 12.5. The highest BCUT2D eigenvalue weighted by Crippen LogP contribution is 2.23. The SMILES string of the molecule is Cc1ccc([C@@H](C)OC(=O)c2ccc(S(=O)(=O)N3CCCC3)cc2)cc1. The molecule has 138 valence electrons. The van der Waals surface area contributed by atoms with Crippen LogP contribution in [0.2, 0.25) is 0 Å². The minimum atomic E-state index is -3.47. The minimum absolute atomic E-state index is 0.211. The van der Waals surface area contributed by atoms with Crippen LogP contribution in [-0.4, -0.2) is 31.8 Å². The fourth-order valence-corrected chi connectivity index (χ4v) is 4.49. The molecule has 2 aromatic carbocycles. The van der Waals surface area contributed by atoms with E-state index in [1.807, 2.05) is 38.1 Å². The molecule has 26 heavy (non-hydrogen) atoms. The van der Waals surface area contributed by atoms with Crippen LogP contribution in [0.15, 0.2) is 53.4 Å². The van der Waals surface area contributed by atoms with Gasteiger partial charge in [0.25, 0.3) is 0 Å². The summed E-state index contributed by atoms with van der Waals surface area (Å²) < 4.78 is 32.0. The summed E-state index contributed by atoms with van der Waals surface area (Å²) >= 11 is 0. The summed E-state index contributed by atoms with van der Waals surface area (Å²) in [5, 5.41) is 0. The topological polar surface area (TPSA) is 63.7 Å². The zero-order valence-electron chi connectivity index (χ0n) is 15.0. The molecule has 0 amide bonds. The second-order valence-electron chi connectivity index (χ2n) is 6.59. The van der Waals surface area contributed by atoms with E-state index in [-0.39, 0.29) is 11.0 Å². The average Bonchev–Trinajstić information content (AvgIpc) is 3.18. The first-order valence-corrected chi connectivity index (χ1v) is 10.2. The second kappa shape index (κ2) is 7.60. The predicted octanol–water partition coefficient (Wildman–Crippen LogP) is 3.70. The van der Waals surface area contributed by atoms with E-state index in [0.717, 1.165) is 24.0 Å². The molecule has 5 nitrogen and oxygen atoms in total. The van der Waals surface area contributed by atoms with E-state index in [2.05, 4.69) is 0 Å². The zero-order valence-corrected chi connectivity index (χ0v) is 15.8. The quantitative estimate of drug-likeness (QED) is 0.750. The molecular weight excluding hydrogens is 350 g/mol. The Balaban J connectivity index is 1.69. The number of carbonyl (C=O) groups is 1. The molecular formula is C20H23NO4S. The largest absolute Gasteiger partial charge is 0.454 e. The van der Waals surface area contributed by atoms with Gasteiger partial charge in [-0.05, 0) is 56.5 Å². The van der Waals surface area contributed by atoms with Gasteiger partial charge in [-0.25, -0.2) is 13.2 Å². The maximum Gasteiger partial charge on any atom is 0.338 e. The smallest absolute Gasteiger partial charge is 0.338 e. The summed E-state index contributed by atoms with van der Waals surface area (Å²) in [7, 11) is -3.47. The van der Waals surface area contributed by atoms with Crippen LogP contribution in [0, 0.1) is 6.92 Å². The Labute approximate surface area is 154 Å². The van der Waals surface area contributed by atoms with Gasteiger partial charge >= 0.3 is 5.97 Å². The van der Waals surface area contributed by atoms with Crippen LogP contribution in [0.3, 0.4) is 0 Å². The number of sulfonamides is 1. The van der Waals surface area contributed by atoms with Crippen molar-refractivity contribution in [1.82, 2.24) is 4.31 Å². The predicted molar refractivity (Wildman–Crippen MR) is 99.4 cm³/mol. The average molecular weight is 373 g/mol. The molecule has 0 N–H and O–H groups in total. The van der Waals surface area contributed by atoms with Crippen molar-refractivity contribution in [3.8, 4) is 0 Å². The first kappa shape index (κ1) is 18.6. The Morgan fingerprint density at radius 3 is 2.15 bits per heavy atom. The third-order valence-electron chi connectivity index (χ3n) is 4.62. The number of ether oxygens (including phenoxy) is 1. The third kappa shape index (κ3) is 3.97. The van der Waals surface area contributed by atoms with Gasteiger partial charge in [-0.1, -0.05) is 29.8 Å². The van der Waals surface area contributed by atoms with Crippen LogP contribution >= 0.6 is 0 Å². The fraction of sp³-hybridized carbons (Fsp3) is 0.350. The molecule has 1 atom stereocenters. The number of aryl methyl sites for hydroxylation is 1. The summed E-state index contributed by atoms with van der Waals surface area (Å²) in [6.07, 6.45) is 1.40. The lowest BCUT2D eigenvalue weighted by Gasteiger charge is -2.16. The number of rotatable bonds is 5. The molecule has 1 heterocycles. The first-order chi connectivity index (χ1) is 12.4. The van der Waals surface area contributed by atoms with E-state index in [1.165, 1.54) is 28.6 Å². The maximum atomic E-state index is 12.5. The molecule has 0 bridgehead atoms. The fourth-order valence-electron chi connectivity index (χ4n) is 2.97. The molecule has 3 rings (SSSR count). The van der Waals surface area contributed by atoms with E-state index >= 15 is 0 Å². The van der Waals surface area contributed by atoms with E-state index in [0.29, 0.717) is 18.7 Å². The molecule has 1 aliphatic heterocycles. The van der Waals surface area contributed by atoms with Crippen LogP contribution < -0.4 is 0 Å². The van der Waals surface area contributed by atoms with Gasteiger partial charge in [-0.15, -0.1) is 0 Å². The van der Waals surface area contributed by atoms with Crippen molar-refractivity contribution in [2.45, 2.75) is 37.7 Å². The molecule has 0 saturated carbocycles. The molecule has 6 heteroatoms. The highest BCUT2D eigenvalue weighted by atomic mass is 32.2. The van der Waals surface area contributed by atoms with Gasteiger partial charge in [-0.2, -0.15) is 4.31 Å². The van der Waals surface area contributed by atoms with Crippen molar-refractivity contribution in [2.24, 2.45) is 0 Å². The standard InChI is InChI=1S/C20H23NO4S/c1-15-5-7-17(8-6-15)16(2)25-20(22)18-9-11-19(12-10-18)26(23,24)21-13-3-4-14-21/h5-12,16H,3-4,13-14H2,1-2H3/t16-/m1/s1. The van der Waals surface area contributed by atoms with Crippen molar-refractivity contribution in [3.63, 3.8) is 0 Å². The molecule has 0 spiro atoms. The summed E-state index contributed by atoms with van der Waals surface area (Å²) in [4.78, 5) is 12.5. The molecule has 0 radical (unpaired) electrons. The van der Waals surface area contributed by atoms with Crippen molar-refractivity contribution < 1.29 is 17.9 Å². The van der Waals surface area contributed by atoms with Crippen LogP contribution in [-0.2, 0) is 14.8 Å². The van der Waals surface area contributed by atoms with E-state index < -0.39 is 16.0 Å². The van der Waals surface area contributed by atoms with Crippen LogP contribution in [0.4, 0.5) is 0 Å². The van der Waals surface area contributed by atoms with Gasteiger partial charge in [0, 0.05) is 13.1 Å². The Kier molecular flexibility index (Phi) is 5.44. The van der Waals surface area contributed by atoms with Crippen molar-refractivity contribution in [2.75, 3.05) is 13.1 Å². The summed E-state index contributed by atoms with van der Waals surface area (Å²) in [6.45, 7) is 4.92. The summed E-state index contributed by atoms with van der Waals surface area (Å²) in [6, 6.07) is 13.8. The first-order valence-electron chi connectivity index (χ1n) is 8.76. The van der Waals surface area contributed by atoms with Gasteiger partial charge in [0.1, 0.15) is 6.10 Å². The Morgan fingerprint density at radius 1 is 1.00 bits per heavy atom. The number of benzene rings is 2. The van der Waals surface area contributed by atoms with Crippen molar-refractivity contribution >= 4 is 16.0 Å². The van der Waals surface area contributed by atoms with Gasteiger partial charge in [0.05, 0.1) is 10.5 Å². The van der Waals surface area contributed by atoms with Gasteiger partial charge < -0.3 is 4.74 Å². The van der Waals surface area contributed by atoms with E-state index in [1.54, 1.807) is 0 Å². The molecule has 0 aromatic heterocycles.